The van der Waals surface area contributed by atoms with Gasteiger partial charge in [-0.2, -0.15) is 0 Å². The number of nitrogens with zero attached hydrogens (tertiary/aromatic N) is 1. The Balaban J connectivity index is 2.01. The molecule has 3 rings (SSSR count). The van der Waals surface area contributed by atoms with Gasteiger partial charge in [0, 0.05) is 10.8 Å². The lowest BCUT2D eigenvalue weighted by Crippen LogP contribution is -2.35. The zero-order valence-corrected chi connectivity index (χ0v) is 11.3. The van der Waals surface area contributed by atoms with Crippen molar-refractivity contribution in [1.82, 2.24) is 4.98 Å². The molecule has 1 aliphatic carbocycles. The van der Waals surface area contributed by atoms with Crippen LogP contribution in [0.25, 0.3) is 0 Å². The van der Waals surface area contributed by atoms with Crippen molar-refractivity contribution in [2.45, 2.75) is 37.7 Å². The zero-order chi connectivity index (χ0) is 12.6. The molecule has 1 aliphatic rings. The Morgan fingerprint density at radius 2 is 2.00 bits per heavy atom. The highest BCUT2D eigenvalue weighted by molar-refractivity contribution is 7.09. The summed E-state index contributed by atoms with van der Waals surface area (Å²) in [5.41, 5.74) is 2.28. The molecular weight excluding hydrogens is 242 g/mol. The summed E-state index contributed by atoms with van der Waals surface area (Å²) in [6, 6.07) is 10.6. The second-order valence-corrected chi connectivity index (χ2v) is 5.91. The van der Waals surface area contributed by atoms with Gasteiger partial charge in [0.25, 0.3) is 0 Å². The summed E-state index contributed by atoms with van der Waals surface area (Å²) in [7, 11) is 0. The van der Waals surface area contributed by atoms with Crippen LogP contribution in [0.2, 0.25) is 0 Å². The summed E-state index contributed by atoms with van der Waals surface area (Å²) < 4.78 is 0. The van der Waals surface area contributed by atoms with Crippen LogP contribution >= 0.6 is 11.3 Å². The molecule has 1 atom stereocenters. The molecule has 0 aliphatic heterocycles. The van der Waals surface area contributed by atoms with E-state index in [-0.39, 0.29) is 5.41 Å². The van der Waals surface area contributed by atoms with E-state index in [1.54, 1.807) is 18.3 Å². The molecule has 0 saturated heterocycles. The summed E-state index contributed by atoms with van der Waals surface area (Å²) in [5.74, 6) is 0. The van der Waals surface area contributed by atoms with Crippen LogP contribution in [-0.4, -0.2) is 10.1 Å². The van der Waals surface area contributed by atoms with Crippen LogP contribution in [0.3, 0.4) is 0 Å². The van der Waals surface area contributed by atoms with Gasteiger partial charge in [-0.1, -0.05) is 36.8 Å². The first-order valence-corrected chi connectivity index (χ1v) is 7.30. The number of hydrogen-bond acceptors (Lipinski definition) is 3. The third-order valence-corrected chi connectivity index (χ3v) is 4.96. The molecule has 18 heavy (non-hydrogen) atoms. The number of aromatic nitrogens is 1. The molecule has 1 heterocycles. The van der Waals surface area contributed by atoms with E-state index in [1.807, 2.05) is 5.38 Å². The van der Waals surface area contributed by atoms with Gasteiger partial charge in [-0.15, -0.1) is 11.3 Å². The average Bonchev–Trinajstić information content (AvgIpc) is 2.79. The average molecular weight is 259 g/mol. The first-order chi connectivity index (χ1) is 8.72. The van der Waals surface area contributed by atoms with E-state index < -0.39 is 6.10 Å². The highest BCUT2D eigenvalue weighted by atomic mass is 32.1. The van der Waals surface area contributed by atoms with Crippen LogP contribution in [0.5, 0.6) is 0 Å². The van der Waals surface area contributed by atoms with Crippen molar-refractivity contribution < 1.29 is 5.11 Å². The molecule has 2 aromatic rings. The predicted octanol–water partition coefficient (Wildman–Crippen LogP) is 3.67. The Bertz CT molecular complexity index is 528. The Morgan fingerprint density at radius 3 is 2.50 bits per heavy atom. The normalized spacial score (nSPS) is 19.2. The second-order valence-electron chi connectivity index (χ2n) is 5.06. The smallest absolute Gasteiger partial charge is 0.104 e. The quantitative estimate of drug-likeness (QED) is 0.912. The Labute approximate surface area is 111 Å². The predicted molar refractivity (Wildman–Crippen MR) is 73.8 cm³/mol. The maximum atomic E-state index is 9.61. The standard InChI is InChI=1S/C15H17NOS/c1-11(17)13-10-18-14(16-13)15(8-5-9-15)12-6-3-2-4-7-12/h2-4,6-7,10-11,17H,5,8-9H2,1H3. The van der Waals surface area contributed by atoms with Gasteiger partial charge in [-0.25, -0.2) is 4.98 Å². The van der Waals surface area contributed by atoms with Gasteiger partial charge >= 0.3 is 0 Å². The zero-order valence-electron chi connectivity index (χ0n) is 10.5. The number of rotatable bonds is 3. The van der Waals surface area contributed by atoms with E-state index in [1.165, 1.54) is 24.8 Å². The van der Waals surface area contributed by atoms with Crippen molar-refractivity contribution >= 4 is 11.3 Å². The van der Waals surface area contributed by atoms with Gasteiger partial charge in [-0.05, 0) is 25.3 Å². The van der Waals surface area contributed by atoms with Crippen molar-refractivity contribution in [3.63, 3.8) is 0 Å². The van der Waals surface area contributed by atoms with E-state index >= 15 is 0 Å². The minimum absolute atomic E-state index is 0.110. The maximum Gasteiger partial charge on any atom is 0.104 e. The molecule has 1 unspecified atom stereocenters. The fourth-order valence-corrected chi connectivity index (χ4v) is 3.80. The third kappa shape index (κ3) is 1.78. The molecule has 0 spiro atoms. The van der Waals surface area contributed by atoms with Gasteiger partial charge < -0.3 is 5.11 Å². The lowest BCUT2D eigenvalue weighted by Gasteiger charge is -2.40. The van der Waals surface area contributed by atoms with Crippen LogP contribution in [-0.2, 0) is 5.41 Å². The minimum Gasteiger partial charge on any atom is -0.387 e. The Hall–Kier alpha value is -1.19. The Morgan fingerprint density at radius 1 is 1.28 bits per heavy atom. The van der Waals surface area contributed by atoms with Crippen molar-refractivity contribution in [1.29, 1.82) is 0 Å². The highest BCUT2D eigenvalue weighted by Gasteiger charge is 2.42. The van der Waals surface area contributed by atoms with Crippen LogP contribution < -0.4 is 0 Å². The molecule has 1 aromatic carbocycles. The number of thiazole rings is 1. The highest BCUT2D eigenvalue weighted by Crippen LogP contribution is 2.49. The van der Waals surface area contributed by atoms with Crippen LogP contribution in [0.15, 0.2) is 35.7 Å². The SMILES string of the molecule is CC(O)c1csc(C2(c3ccccc3)CCC2)n1. The lowest BCUT2D eigenvalue weighted by atomic mass is 9.65. The van der Waals surface area contributed by atoms with Crippen LogP contribution in [0, 0.1) is 0 Å². The van der Waals surface area contributed by atoms with Crippen LogP contribution in [0.1, 0.15) is 48.6 Å². The molecule has 1 saturated carbocycles. The summed E-state index contributed by atoms with van der Waals surface area (Å²) in [6.45, 7) is 1.77. The molecule has 0 amide bonds. The molecule has 1 fully saturated rings. The van der Waals surface area contributed by atoms with Crippen molar-refractivity contribution in [3.05, 3.63) is 52.0 Å². The molecule has 1 aromatic heterocycles. The van der Waals surface area contributed by atoms with Gasteiger partial charge in [0.05, 0.1) is 11.8 Å². The first kappa shape index (κ1) is 11.9. The molecule has 0 bridgehead atoms. The van der Waals surface area contributed by atoms with E-state index in [2.05, 4.69) is 35.3 Å². The summed E-state index contributed by atoms with van der Waals surface area (Å²) >= 11 is 1.68. The van der Waals surface area contributed by atoms with Crippen molar-refractivity contribution in [2.24, 2.45) is 0 Å². The maximum absolute atomic E-state index is 9.61. The summed E-state index contributed by atoms with van der Waals surface area (Å²) in [5, 5.41) is 12.8. The second kappa shape index (κ2) is 4.48. The largest absolute Gasteiger partial charge is 0.387 e. The van der Waals surface area contributed by atoms with Gasteiger partial charge in [-0.3, -0.25) is 0 Å². The molecule has 0 radical (unpaired) electrons. The van der Waals surface area contributed by atoms with Crippen molar-refractivity contribution in [2.75, 3.05) is 0 Å². The fourth-order valence-electron chi connectivity index (χ4n) is 2.61. The van der Waals surface area contributed by atoms with Gasteiger partial charge in [0.1, 0.15) is 5.01 Å². The number of hydrogen-bond donors (Lipinski definition) is 1. The van der Waals surface area contributed by atoms with Gasteiger partial charge in [0.2, 0.25) is 0 Å². The molecule has 1 N–H and O–H groups in total. The van der Waals surface area contributed by atoms with Crippen molar-refractivity contribution in [3.8, 4) is 0 Å². The molecule has 2 nitrogen and oxygen atoms in total. The van der Waals surface area contributed by atoms with Gasteiger partial charge in [0.15, 0.2) is 0 Å². The molecule has 94 valence electrons. The Kier molecular flexibility index (Phi) is 2.96. The first-order valence-electron chi connectivity index (χ1n) is 6.42. The lowest BCUT2D eigenvalue weighted by molar-refractivity contribution is 0.194. The summed E-state index contributed by atoms with van der Waals surface area (Å²) in [6.07, 6.45) is 3.13. The van der Waals surface area contributed by atoms with E-state index in [4.69, 9.17) is 0 Å². The van der Waals surface area contributed by atoms with Crippen LogP contribution in [0.4, 0.5) is 0 Å². The number of aliphatic hydroxyl groups excluding tert-OH is 1. The van der Waals surface area contributed by atoms with E-state index in [0.717, 1.165) is 10.7 Å². The van der Waals surface area contributed by atoms with E-state index in [0.29, 0.717) is 0 Å². The number of aliphatic hydroxyl groups is 1. The minimum atomic E-state index is -0.470. The molecular formula is C15H17NOS. The monoisotopic (exact) mass is 259 g/mol. The molecule has 3 heteroatoms. The summed E-state index contributed by atoms with van der Waals surface area (Å²) in [4.78, 5) is 4.65. The number of benzene rings is 1. The topological polar surface area (TPSA) is 33.1 Å². The fraction of sp³-hybridized carbons (Fsp3) is 0.400. The third-order valence-electron chi connectivity index (χ3n) is 3.89. The van der Waals surface area contributed by atoms with E-state index in [9.17, 15) is 5.11 Å².